The summed E-state index contributed by atoms with van der Waals surface area (Å²) in [4.78, 5) is 26.9. The van der Waals surface area contributed by atoms with E-state index >= 15 is 0 Å². The molecule has 0 radical (unpaired) electrons. The summed E-state index contributed by atoms with van der Waals surface area (Å²) >= 11 is 0. The number of carbonyl (C=O) groups is 2. The van der Waals surface area contributed by atoms with Gasteiger partial charge in [-0.2, -0.15) is 14.0 Å². The number of aryl methyl sites for hydroxylation is 2. The van der Waals surface area contributed by atoms with Crippen LogP contribution in [0.4, 0.5) is 0 Å². The van der Waals surface area contributed by atoms with Crippen molar-refractivity contribution < 1.29 is 57.8 Å². The van der Waals surface area contributed by atoms with E-state index in [0.29, 0.717) is 28.0 Å². The summed E-state index contributed by atoms with van der Waals surface area (Å²) in [5, 5.41) is 22.1. The van der Waals surface area contributed by atoms with Gasteiger partial charge in [-0.15, -0.1) is 0 Å². The van der Waals surface area contributed by atoms with E-state index in [1.54, 1.807) is 18.2 Å². The SMILES string of the molecule is COc1cc(-c2cc(=NCC(=O)NCC(=O)O)c3cc(C)cc(C)c3o2)ccc1O.[O-][Cl+3]([O-])([O-])O. The van der Waals surface area contributed by atoms with E-state index in [9.17, 15) is 14.7 Å². The lowest BCUT2D eigenvalue weighted by Crippen LogP contribution is -2.58. The van der Waals surface area contributed by atoms with Gasteiger partial charge in [0.2, 0.25) is 5.91 Å². The van der Waals surface area contributed by atoms with Crippen LogP contribution in [0.2, 0.25) is 0 Å². The maximum Gasteiger partial charge on any atom is 0.322 e. The van der Waals surface area contributed by atoms with Crippen molar-refractivity contribution in [2.45, 2.75) is 13.8 Å². The second kappa shape index (κ2) is 11.6. The van der Waals surface area contributed by atoms with Crippen LogP contribution in [0, 0.1) is 24.1 Å². The molecule has 0 unspecified atom stereocenters. The average Bonchev–Trinajstić information content (AvgIpc) is 2.75. The number of benzene rings is 2. The summed E-state index contributed by atoms with van der Waals surface area (Å²) in [6.45, 7) is 3.19. The first-order valence-corrected chi connectivity index (χ1v) is 11.1. The molecular formula is C22H23ClN2O10. The van der Waals surface area contributed by atoms with Gasteiger partial charge < -0.3 is 24.7 Å². The number of carbonyl (C=O) groups excluding carboxylic acids is 1. The van der Waals surface area contributed by atoms with Gasteiger partial charge in [0.05, 0.1) is 27.4 Å². The highest BCUT2D eigenvalue weighted by Gasteiger charge is 2.12. The van der Waals surface area contributed by atoms with Gasteiger partial charge in [0.15, 0.2) is 11.5 Å². The highest BCUT2D eigenvalue weighted by atomic mass is 35.7. The van der Waals surface area contributed by atoms with Crippen LogP contribution < -0.4 is 29.4 Å². The molecule has 0 atom stereocenters. The quantitative estimate of drug-likeness (QED) is 0.298. The predicted molar refractivity (Wildman–Crippen MR) is 113 cm³/mol. The predicted octanol–water partition coefficient (Wildman–Crippen LogP) is -1.59. The molecule has 0 aliphatic heterocycles. The maximum atomic E-state index is 11.9. The second-order valence-electron chi connectivity index (χ2n) is 7.22. The van der Waals surface area contributed by atoms with Crippen LogP contribution in [0.3, 0.4) is 0 Å². The molecule has 2 aromatic carbocycles. The lowest BCUT2D eigenvalue weighted by atomic mass is 10.1. The van der Waals surface area contributed by atoms with Crippen molar-refractivity contribution in [2.75, 3.05) is 20.2 Å². The van der Waals surface area contributed by atoms with Gasteiger partial charge in [0.25, 0.3) is 0 Å². The van der Waals surface area contributed by atoms with Crippen molar-refractivity contribution in [3.05, 3.63) is 52.9 Å². The zero-order valence-corrected chi connectivity index (χ0v) is 19.7. The first kappa shape index (κ1) is 27.6. The molecule has 12 nitrogen and oxygen atoms in total. The molecule has 3 rings (SSSR count). The average molecular weight is 511 g/mol. The number of carboxylic acids is 1. The van der Waals surface area contributed by atoms with E-state index < -0.39 is 28.7 Å². The van der Waals surface area contributed by atoms with E-state index in [1.807, 2.05) is 26.0 Å². The lowest BCUT2D eigenvalue weighted by Gasteiger charge is -2.10. The summed E-state index contributed by atoms with van der Waals surface area (Å²) < 4.78 is 44.0. The fourth-order valence-corrected chi connectivity index (χ4v) is 3.11. The molecular weight excluding hydrogens is 488 g/mol. The number of nitrogens with zero attached hydrogens (tertiary/aromatic N) is 1. The van der Waals surface area contributed by atoms with E-state index in [4.69, 9.17) is 32.9 Å². The molecule has 0 bridgehead atoms. The Hall–Kier alpha value is -3.68. The molecule has 0 spiro atoms. The highest BCUT2D eigenvalue weighted by Crippen LogP contribution is 2.32. The third-order valence-corrected chi connectivity index (χ3v) is 4.47. The van der Waals surface area contributed by atoms with Crippen LogP contribution in [0.1, 0.15) is 11.1 Å². The molecule has 35 heavy (non-hydrogen) atoms. The second-order valence-corrected chi connectivity index (χ2v) is 8.02. The van der Waals surface area contributed by atoms with Gasteiger partial charge in [0.1, 0.15) is 24.4 Å². The molecule has 4 N–H and O–H groups in total. The molecule has 0 saturated heterocycles. The minimum atomic E-state index is -4.69. The minimum Gasteiger partial charge on any atom is -0.504 e. The van der Waals surface area contributed by atoms with E-state index in [0.717, 1.165) is 16.5 Å². The van der Waals surface area contributed by atoms with Crippen molar-refractivity contribution in [3.8, 4) is 22.8 Å². The lowest BCUT2D eigenvalue weighted by molar-refractivity contribution is -1.92. The number of halogens is 1. The smallest absolute Gasteiger partial charge is 0.322 e. The molecule has 3 aromatic rings. The Labute approximate surface area is 201 Å². The standard InChI is InChI=1S/C22H22N2O6.ClHO4/c1-12-6-13(2)22-15(7-12)16(23-10-20(26)24-11-21(27)28)9-18(30-22)14-4-5-17(25)19(8-14)29-3;2-1(3,4)5/h4-9,25H,10-11H2,1-3H3,(H,24,26)(H,27,28);(H,2,3,4,5). The first-order chi connectivity index (χ1) is 16.3. The summed E-state index contributed by atoms with van der Waals surface area (Å²) in [7, 11) is -3.24. The zero-order chi connectivity index (χ0) is 26.3. The number of aromatic hydroxyl groups is 1. The van der Waals surface area contributed by atoms with Crippen molar-refractivity contribution in [1.82, 2.24) is 5.32 Å². The number of rotatable bonds is 6. The Bertz CT molecular complexity index is 1290. The number of fused-ring (bicyclic) bond motifs is 1. The molecule has 13 heteroatoms. The molecule has 0 fully saturated rings. The molecule has 0 aliphatic rings. The fourth-order valence-electron chi connectivity index (χ4n) is 3.11. The number of phenols is 1. The third kappa shape index (κ3) is 8.55. The van der Waals surface area contributed by atoms with Gasteiger partial charge in [-0.25, -0.2) is 0 Å². The molecule has 1 aromatic heterocycles. The Balaban J connectivity index is 0.000000784. The van der Waals surface area contributed by atoms with Gasteiger partial charge >= 0.3 is 5.97 Å². The van der Waals surface area contributed by atoms with Crippen LogP contribution in [-0.2, 0) is 9.59 Å². The topological polar surface area (TPSA) is 211 Å². The van der Waals surface area contributed by atoms with E-state index in [1.165, 1.54) is 13.2 Å². The number of methoxy groups -OCH3 is 1. The molecule has 1 amide bonds. The fraction of sp³-hybridized carbons (Fsp3) is 0.227. The Morgan fingerprint density at radius 1 is 1.14 bits per heavy atom. The monoisotopic (exact) mass is 510 g/mol. The highest BCUT2D eigenvalue weighted by molar-refractivity contribution is 5.84. The van der Waals surface area contributed by atoms with Crippen molar-refractivity contribution in [1.29, 1.82) is 0 Å². The number of nitrogens with one attached hydrogen (secondary N) is 1. The number of phenolic OH excluding ortho intramolecular Hbond substituents is 1. The Morgan fingerprint density at radius 3 is 2.40 bits per heavy atom. The van der Waals surface area contributed by atoms with E-state index in [-0.39, 0.29) is 12.3 Å². The number of hydrogen-bond acceptors (Lipinski definition) is 10. The Kier molecular flexibility index (Phi) is 9.17. The largest absolute Gasteiger partial charge is 0.504 e. The number of hydrogen-bond donors (Lipinski definition) is 4. The maximum absolute atomic E-state index is 11.9. The molecule has 1 heterocycles. The molecule has 0 aliphatic carbocycles. The van der Waals surface area contributed by atoms with Crippen LogP contribution in [-0.4, -0.2) is 46.9 Å². The normalized spacial score (nSPS) is 11.6. The summed E-state index contributed by atoms with van der Waals surface area (Å²) in [6, 6.07) is 10.4. The number of amides is 1. The van der Waals surface area contributed by atoms with Crippen molar-refractivity contribution >= 4 is 22.8 Å². The Morgan fingerprint density at radius 2 is 1.80 bits per heavy atom. The van der Waals surface area contributed by atoms with Crippen LogP contribution in [0.25, 0.3) is 22.3 Å². The van der Waals surface area contributed by atoms with Gasteiger partial charge in [-0.3, -0.25) is 14.6 Å². The van der Waals surface area contributed by atoms with E-state index in [2.05, 4.69) is 10.3 Å². The van der Waals surface area contributed by atoms with Gasteiger partial charge in [0, 0.05) is 17.0 Å². The van der Waals surface area contributed by atoms with Crippen molar-refractivity contribution in [3.63, 3.8) is 0 Å². The summed E-state index contributed by atoms with van der Waals surface area (Å²) in [6.07, 6.45) is 0. The van der Waals surface area contributed by atoms with Crippen LogP contribution in [0.15, 0.2) is 45.8 Å². The zero-order valence-electron chi connectivity index (χ0n) is 18.9. The molecule has 188 valence electrons. The van der Waals surface area contributed by atoms with Gasteiger partial charge in [-0.1, -0.05) is 6.07 Å². The first-order valence-electron chi connectivity index (χ1n) is 9.83. The van der Waals surface area contributed by atoms with Gasteiger partial charge in [-0.05, 0) is 49.2 Å². The summed E-state index contributed by atoms with van der Waals surface area (Å²) in [5.74, 6) is -0.827. The van der Waals surface area contributed by atoms with Crippen LogP contribution in [0.5, 0.6) is 11.5 Å². The number of ether oxygens (including phenoxy) is 1. The van der Waals surface area contributed by atoms with Crippen molar-refractivity contribution in [2.24, 2.45) is 4.99 Å². The summed E-state index contributed by atoms with van der Waals surface area (Å²) in [5.41, 5.74) is 3.21. The van der Waals surface area contributed by atoms with Crippen LogP contribution >= 0.6 is 0 Å². The number of carboxylic acid groups (broad SMARTS) is 1. The molecule has 0 saturated carbocycles. The number of aliphatic carboxylic acids is 1. The third-order valence-electron chi connectivity index (χ3n) is 4.47. The minimum absolute atomic E-state index is 0.00820.